The van der Waals surface area contributed by atoms with Crippen molar-refractivity contribution in [3.8, 4) is 33.6 Å². The van der Waals surface area contributed by atoms with Crippen LogP contribution in [0, 0.1) is 0 Å². The Hall–Kier alpha value is -7.98. The Morgan fingerprint density at radius 3 is 1.40 bits per heavy atom. The van der Waals surface area contributed by atoms with Gasteiger partial charge in [-0.1, -0.05) is 224 Å². The molecule has 2 aromatic heterocycles. The highest BCUT2D eigenvalue weighted by molar-refractivity contribution is 7.20. The highest BCUT2D eigenvalue weighted by Crippen LogP contribution is 2.44. The van der Waals surface area contributed by atoms with Crippen molar-refractivity contribution in [1.29, 1.82) is 0 Å². The van der Waals surface area contributed by atoms with Gasteiger partial charge in [0.25, 0.3) is 0 Å². The fourth-order valence-electron chi connectivity index (χ4n) is 10.4. The number of hydrogen-bond acceptors (Lipinski definition) is 0. The van der Waals surface area contributed by atoms with Crippen molar-refractivity contribution in [2.45, 2.75) is 0 Å². The first kappa shape index (κ1) is 36.8. The smallest absolute Gasteiger partial charge is 0.181 e. The van der Waals surface area contributed by atoms with E-state index in [9.17, 15) is 0 Å². The van der Waals surface area contributed by atoms with Gasteiger partial charge in [-0.3, -0.25) is 0 Å². The molecule has 0 N–H and O–H groups in total. The van der Waals surface area contributed by atoms with Crippen LogP contribution in [0.5, 0.6) is 0 Å². The lowest BCUT2D eigenvalue weighted by atomic mass is 9.99. The summed E-state index contributed by atoms with van der Waals surface area (Å²) in [6, 6.07) is 94.4. The van der Waals surface area contributed by atoms with Gasteiger partial charge < -0.3 is 9.13 Å². The summed E-state index contributed by atoms with van der Waals surface area (Å²) in [6.45, 7) is 0. The first-order valence-electron chi connectivity index (χ1n) is 21.8. The third kappa shape index (κ3) is 5.78. The minimum Gasteiger partial charge on any atom is -0.309 e. The molecule has 0 fully saturated rings. The van der Waals surface area contributed by atoms with Crippen LogP contribution in [0.25, 0.3) is 77.2 Å². The number of nitrogens with zero attached hydrogens (tertiary/aromatic N) is 2. The van der Waals surface area contributed by atoms with Crippen LogP contribution in [0.15, 0.2) is 255 Å². The summed E-state index contributed by atoms with van der Waals surface area (Å²) in [5, 5.41) is 10.3. The standard InChI is InChI=1S/C60H42N2Si/c1-6-22-43(23-7-1)45-26-20-27-46(42-45)61-55-38-19-17-35-53(55)58-56(61)41-40-50(44-24-8-2-9-25-44)60(58)62-54-37-18-16-34-51(54)52-36-21-39-57(59(52)62)63(47-28-10-3-11-29-47,48-30-12-4-13-31-48)49-32-14-5-15-33-49/h1-42H. The lowest BCUT2D eigenvalue weighted by Gasteiger charge is -2.35. The van der Waals surface area contributed by atoms with Gasteiger partial charge in [0, 0.05) is 32.8 Å². The fraction of sp³-hybridized carbons (Fsp3) is 0. The Morgan fingerprint density at radius 2 is 0.778 bits per heavy atom. The van der Waals surface area contributed by atoms with Gasteiger partial charge in [-0.2, -0.15) is 0 Å². The van der Waals surface area contributed by atoms with Crippen molar-refractivity contribution < 1.29 is 0 Å². The Morgan fingerprint density at radius 1 is 0.302 bits per heavy atom. The number of benzene rings is 10. The summed E-state index contributed by atoms with van der Waals surface area (Å²) in [5.41, 5.74) is 11.8. The maximum Gasteiger partial charge on any atom is 0.181 e. The van der Waals surface area contributed by atoms with Crippen LogP contribution in [-0.4, -0.2) is 17.2 Å². The van der Waals surface area contributed by atoms with Crippen molar-refractivity contribution in [3.05, 3.63) is 255 Å². The van der Waals surface area contributed by atoms with E-state index in [1.54, 1.807) is 0 Å². The van der Waals surface area contributed by atoms with Crippen molar-refractivity contribution in [3.63, 3.8) is 0 Å². The van der Waals surface area contributed by atoms with Crippen LogP contribution in [0.3, 0.4) is 0 Å². The molecule has 2 nitrogen and oxygen atoms in total. The zero-order valence-corrected chi connectivity index (χ0v) is 35.6. The summed E-state index contributed by atoms with van der Waals surface area (Å²) in [4.78, 5) is 0. The number of para-hydroxylation sites is 3. The molecule has 0 atom stereocenters. The van der Waals surface area contributed by atoms with E-state index in [0.29, 0.717) is 0 Å². The van der Waals surface area contributed by atoms with E-state index < -0.39 is 8.07 Å². The van der Waals surface area contributed by atoms with Crippen molar-refractivity contribution >= 4 is 72.4 Å². The SMILES string of the molecule is c1ccc(-c2cccc(-n3c4ccccc4c4c(-n5c6ccccc6c6cccc([Si](c7ccccc7)(c7ccccc7)c7ccccc7)c65)c(-c5ccccc5)ccc43)c2)cc1. The second-order valence-corrected chi connectivity index (χ2v) is 20.2. The van der Waals surface area contributed by atoms with E-state index in [1.165, 1.54) is 86.8 Å². The van der Waals surface area contributed by atoms with Gasteiger partial charge in [0.05, 0.1) is 27.8 Å². The van der Waals surface area contributed by atoms with E-state index >= 15 is 0 Å². The van der Waals surface area contributed by atoms with Gasteiger partial charge in [-0.25, -0.2) is 0 Å². The molecule has 12 aromatic rings. The molecular formula is C60H42N2Si. The second-order valence-electron chi connectivity index (χ2n) is 16.4. The second kappa shape index (κ2) is 15.2. The molecule has 3 heteroatoms. The highest BCUT2D eigenvalue weighted by Gasteiger charge is 2.43. The van der Waals surface area contributed by atoms with Crippen molar-refractivity contribution in [2.24, 2.45) is 0 Å². The van der Waals surface area contributed by atoms with Gasteiger partial charge in [0.15, 0.2) is 8.07 Å². The molecule has 0 saturated carbocycles. The molecule has 0 aliphatic heterocycles. The van der Waals surface area contributed by atoms with Crippen LogP contribution in [0.1, 0.15) is 0 Å². The first-order chi connectivity index (χ1) is 31.3. The number of rotatable bonds is 8. The summed E-state index contributed by atoms with van der Waals surface area (Å²) < 4.78 is 5.12. The third-order valence-corrected chi connectivity index (χ3v) is 17.9. The van der Waals surface area contributed by atoms with Gasteiger partial charge in [0.2, 0.25) is 0 Å². The molecule has 296 valence electrons. The predicted molar refractivity (Wildman–Crippen MR) is 270 cm³/mol. The molecule has 63 heavy (non-hydrogen) atoms. The van der Waals surface area contributed by atoms with E-state index in [-0.39, 0.29) is 0 Å². The maximum atomic E-state index is 2.65. The summed E-state index contributed by atoms with van der Waals surface area (Å²) >= 11 is 0. The molecule has 0 amide bonds. The Bertz CT molecular complexity index is 3500. The van der Waals surface area contributed by atoms with Crippen LogP contribution in [0.4, 0.5) is 0 Å². The van der Waals surface area contributed by atoms with Gasteiger partial charge >= 0.3 is 0 Å². The number of aromatic nitrogens is 2. The maximum absolute atomic E-state index is 3.02. The molecule has 0 spiro atoms. The normalized spacial score (nSPS) is 11.8. The minimum atomic E-state index is -3.02. The minimum absolute atomic E-state index is 1.13. The average molecular weight is 819 g/mol. The molecule has 0 radical (unpaired) electrons. The Labute approximate surface area is 368 Å². The largest absolute Gasteiger partial charge is 0.309 e. The van der Waals surface area contributed by atoms with E-state index in [1.807, 2.05) is 0 Å². The summed E-state index contributed by atoms with van der Waals surface area (Å²) in [7, 11) is -3.02. The molecule has 12 rings (SSSR count). The molecular weight excluding hydrogens is 777 g/mol. The molecule has 0 aliphatic carbocycles. The molecule has 0 bridgehead atoms. The summed E-state index contributed by atoms with van der Waals surface area (Å²) in [6.07, 6.45) is 0. The van der Waals surface area contributed by atoms with Crippen molar-refractivity contribution in [1.82, 2.24) is 9.13 Å². The van der Waals surface area contributed by atoms with Crippen LogP contribution >= 0.6 is 0 Å². The van der Waals surface area contributed by atoms with E-state index in [2.05, 4.69) is 264 Å². The van der Waals surface area contributed by atoms with Gasteiger partial charge in [0.1, 0.15) is 0 Å². The van der Waals surface area contributed by atoms with Crippen LogP contribution in [0.2, 0.25) is 0 Å². The molecule has 0 aliphatic rings. The third-order valence-electron chi connectivity index (χ3n) is 13.1. The molecule has 0 unspecified atom stereocenters. The monoisotopic (exact) mass is 818 g/mol. The molecule has 2 heterocycles. The Balaban J connectivity index is 1.29. The number of hydrogen-bond donors (Lipinski definition) is 0. The quantitative estimate of drug-likeness (QED) is 0.107. The summed E-state index contributed by atoms with van der Waals surface area (Å²) in [5.74, 6) is 0. The van der Waals surface area contributed by atoms with Crippen molar-refractivity contribution in [2.75, 3.05) is 0 Å². The average Bonchev–Trinajstić information content (AvgIpc) is 3.89. The lowest BCUT2D eigenvalue weighted by Crippen LogP contribution is -2.75. The molecule has 10 aromatic carbocycles. The Kier molecular flexibility index (Phi) is 8.87. The van der Waals surface area contributed by atoms with E-state index in [4.69, 9.17) is 0 Å². The zero-order chi connectivity index (χ0) is 41.7. The fourth-order valence-corrected chi connectivity index (χ4v) is 15.4. The van der Waals surface area contributed by atoms with Gasteiger partial charge in [-0.05, 0) is 67.8 Å². The topological polar surface area (TPSA) is 9.86 Å². The van der Waals surface area contributed by atoms with Crippen LogP contribution < -0.4 is 20.7 Å². The first-order valence-corrected chi connectivity index (χ1v) is 23.8. The molecule has 0 saturated heterocycles. The number of fused-ring (bicyclic) bond motifs is 6. The highest BCUT2D eigenvalue weighted by atomic mass is 28.3. The lowest BCUT2D eigenvalue weighted by molar-refractivity contribution is 1.17. The van der Waals surface area contributed by atoms with Gasteiger partial charge in [-0.15, -0.1) is 0 Å². The zero-order valence-electron chi connectivity index (χ0n) is 34.6. The van der Waals surface area contributed by atoms with E-state index in [0.717, 1.165) is 11.2 Å². The van der Waals surface area contributed by atoms with Crippen LogP contribution in [-0.2, 0) is 0 Å². The predicted octanol–water partition coefficient (Wildman–Crippen LogP) is 12.6.